The quantitative estimate of drug-likeness (QED) is 0.485. The van der Waals surface area contributed by atoms with Gasteiger partial charge in [0.2, 0.25) is 0 Å². The van der Waals surface area contributed by atoms with E-state index in [9.17, 15) is 19.8 Å². The lowest BCUT2D eigenvalue weighted by atomic mass is 9.43. The van der Waals surface area contributed by atoms with Gasteiger partial charge in [0.05, 0.1) is 23.7 Å². The summed E-state index contributed by atoms with van der Waals surface area (Å²) in [5.74, 6) is 1.20. The van der Waals surface area contributed by atoms with E-state index in [2.05, 4.69) is 13.8 Å². The number of carbonyl (C=O) groups is 2. The smallest absolute Gasteiger partial charge is 0.336 e. The number of rotatable bonds is 3. The number of aliphatic hydroxyl groups excluding tert-OH is 1. The molecule has 0 aromatic rings. The molecule has 34 heavy (non-hydrogen) atoms. The Labute approximate surface area is 201 Å². The molecular formula is C28H38O6. The van der Waals surface area contributed by atoms with Crippen LogP contribution in [0, 0.1) is 40.4 Å². The van der Waals surface area contributed by atoms with Crippen LogP contribution in [0.25, 0.3) is 0 Å². The lowest BCUT2D eigenvalue weighted by Gasteiger charge is -2.60. The second-order valence-corrected chi connectivity index (χ2v) is 12.6. The summed E-state index contributed by atoms with van der Waals surface area (Å²) in [4.78, 5) is 25.7. The molecule has 0 unspecified atom stereocenters. The molecule has 2 heterocycles. The SMILES string of the molecule is CC1=C(CO)C(=O)O[C@H]([C@H](C)[C@@H]2CC[C@@H]3[C@H]4[C@H]5O[C@H]5[C@]5(O)CC=CC(=O)[C@@]5(C)[C@@H]4CC[C@]32C)C1. The van der Waals surface area contributed by atoms with E-state index in [1.807, 2.05) is 19.9 Å². The van der Waals surface area contributed by atoms with Crippen molar-refractivity contribution in [3.63, 3.8) is 0 Å². The van der Waals surface area contributed by atoms with E-state index >= 15 is 0 Å². The summed E-state index contributed by atoms with van der Waals surface area (Å²) >= 11 is 0. The molecule has 6 rings (SSSR count). The van der Waals surface area contributed by atoms with Gasteiger partial charge < -0.3 is 19.7 Å². The van der Waals surface area contributed by atoms with Gasteiger partial charge in [-0.2, -0.15) is 0 Å². The minimum atomic E-state index is -1.09. The highest BCUT2D eigenvalue weighted by molar-refractivity contribution is 5.97. The fourth-order valence-corrected chi connectivity index (χ4v) is 9.49. The largest absolute Gasteiger partial charge is 0.458 e. The summed E-state index contributed by atoms with van der Waals surface area (Å²) in [6, 6.07) is 0. The van der Waals surface area contributed by atoms with Gasteiger partial charge in [0, 0.05) is 6.42 Å². The molecule has 6 nitrogen and oxygen atoms in total. The summed E-state index contributed by atoms with van der Waals surface area (Å²) < 4.78 is 12.1. The van der Waals surface area contributed by atoms with E-state index in [0.29, 0.717) is 36.2 Å². The van der Waals surface area contributed by atoms with Crippen LogP contribution in [0.3, 0.4) is 0 Å². The number of hydrogen-bond acceptors (Lipinski definition) is 6. The molecule has 11 atom stereocenters. The molecule has 4 aliphatic carbocycles. The Morgan fingerprint density at radius 3 is 2.65 bits per heavy atom. The first-order valence-electron chi connectivity index (χ1n) is 13.2. The third kappa shape index (κ3) is 2.68. The summed E-state index contributed by atoms with van der Waals surface area (Å²) in [6.45, 7) is 8.31. The molecule has 6 heteroatoms. The van der Waals surface area contributed by atoms with Crippen molar-refractivity contribution < 1.29 is 29.3 Å². The molecule has 1 saturated heterocycles. The number of allylic oxidation sites excluding steroid dienone is 1. The molecule has 0 aromatic carbocycles. The maximum Gasteiger partial charge on any atom is 0.336 e. The van der Waals surface area contributed by atoms with Crippen LogP contribution in [0.5, 0.6) is 0 Å². The van der Waals surface area contributed by atoms with E-state index in [1.54, 1.807) is 6.08 Å². The van der Waals surface area contributed by atoms with E-state index in [4.69, 9.17) is 9.47 Å². The molecule has 2 aliphatic heterocycles. The van der Waals surface area contributed by atoms with Crippen LogP contribution >= 0.6 is 0 Å². The molecule has 0 aromatic heterocycles. The van der Waals surface area contributed by atoms with Crippen molar-refractivity contribution >= 4 is 11.8 Å². The van der Waals surface area contributed by atoms with Gasteiger partial charge in [-0.05, 0) is 87.0 Å². The van der Waals surface area contributed by atoms with Crippen molar-refractivity contribution in [3.8, 4) is 0 Å². The van der Waals surface area contributed by atoms with Crippen LogP contribution in [0.1, 0.15) is 66.2 Å². The van der Waals surface area contributed by atoms with E-state index in [0.717, 1.165) is 31.3 Å². The van der Waals surface area contributed by atoms with Crippen LogP contribution in [0.15, 0.2) is 23.3 Å². The van der Waals surface area contributed by atoms with Crippen LogP contribution in [0.4, 0.5) is 0 Å². The Balaban J connectivity index is 1.29. The van der Waals surface area contributed by atoms with Gasteiger partial charge >= 0.3 is 5.97 Å². The number of cyclic esters (lactones) is 1. The Hall–Kier alpha value is -1.50. The highest BCUT2D eigenvalue weighted by atomic mass is 16.6. The predicted octanol–water partition coefficient (Wildman–Crippen LogP) is 3.35. The molecule has 0 bridgehead atoms. The first kappa shape index (κ1) is 22.9. The third-order valence-corrected chi connectivity index (χ3v) is 11.5. The molecule has 0 spiro atoms. The van der Waals surface area contributed by atoms with Crippen molar-refractivity contribution in [3.05, 3.63) is 23.3 Å². The Kier molecular flexibility index (Phi) is 4.90. The van der Waals surface area contributed by atoms with Crippen molar-refractivity contribution in [1.29, 1.82) is 0 Å². The molecule has 4 fully saturated rings. The number of ether oxygens (including phenoxy) is 2. The van der Waals surface area contributed by atoms with Crippen molar-refractivity contribution in [1.82, 2.24) is 0 Å². The fraction of sp³-hybridized carbons (Fsp3) is 0.786. The zero-order valence-electron chi connectivity index (χ0n) is 20.8. The topological polar surface area (TPSA) is 96.4 Å². The van der Waals surface area contributed by atoms with E-state index in [1.165, 1.54) is 0 Å². The van der Waals surface area contributed by atoms with Gasteiger partial charge in [0.15, 0.2) is 5.78 Å². The van der Waals surface area contributed by atoms with Gasteiger partial charge in [-0.3, -0.25) is 4.79 Å². The molecular weight excluding hydrogens is 432 g/mol. The Morgan fingerprint density at radius 2 is 1.94 bits per heavy atom. The number of ketones is 1. The van der Waals surface area contributed by atoms with Crippen LogP contribution in [-0.4, -0.2) is 52.5 Å². The molecule has 186 valence electrons. The molecule has 6 aliphatic rings. The number of aliphatic hydroxyl groups is 2. The maximum atomic E-state index is 13.3. The van der Waals surface area contributed by atoms with E-state index in [-0.39, 0.29) is 53.9 Å². The van der Waals surface area contributed by atoms with Gasteiger partial charge in [-0.25, -0.2) is 4.79 Å². The van der Waals surface area contributed by atoms with E-state index < -0.39 is 11.0 Å². The first-order chi connectivity index (χ1) is 16.1. The van der Waals surface area contributed by atoms with Crippen LogP contribution < -0.4 is 0 Å². The Bertz CT molecular complexity index is 999. The predicted molar refractivity (Wildman–Crippen MR) is 124 cm³/mol. The molecule has 2 N–H and O–H groups in total. The van der Waals surface area contributed by atoms with Crippen molar-refractivity contribution in [2.24, 2.45) is 40.4 Å². The fourth-order valence-electron chi connectivity index (χ4n) is 9.49. The number of epoxide rings is 1. The monoisotopic (exact) mass is 470 g/mol. The molecule has 0 radical (unpaired) electrons. The zero-order valence-corrected chi connectivity index (χ0v) is 20.8. The highest BCUT2D eigenvalue weighted by Gasteiger charge is 2.77. The summed E-state index contributed by atoms with van der Waals surface area (Å²) in [7, 11) is 0. The Morgan fingerprint density at radius 1 is 1.18 bits per heavy atom. The van der Waals surface area contributed by atoms with Gasteiger partial charge in [0.25, 0.3) is 0 Å². The number of carbonyl (C=O) groups excluding carboxylic acids is 2. The first-order valence-corrected chi connectivity index (χ1v) is 13.2. The summed E-state index contributed by atoms with van der Waals surface area (Å²) in [5, 5.41) is 21.2. The zero-order chi connectivity index (χ0) is 24.2. The number of hydrogen-bond donors (Lipinski definition) is 2. The van der Waals surface area contributed by atoms with Crippen molar-refractivity contribution in [2.45, 2.75) is 90.1 Å². The van der Waals surface area contributed by atoms with Crippen molar-refractivity contribution in [2.75, 3.05) is 6.61 Å². The number of esters is 1. The average Bonchev–Trinajstić information content (AvgIpc) is 3.52. The maximum absolute atomic E-state index is 13.3. The lowest BCUT2D eigenvalue weighted by molar-refractivity contribution is -0.182. The minimum Gasteiger partial charge on any atom is -0.458 e. The standard InChI is InChI=1S/C28H38O6/c1-14-12-20(33-25(31)16(14)13-29)15(2)17-7-8-18-22-19(9-11-26(17,18)3)27(4)21(30)6-5-10-28(27,32)24-23(22)34-24/h5-6,15,17-20,22-24,29,32H,7-13H2,1-4H3/t15-,17+,18-,19-,20+,22-,23-,24-,26+,27-,28-/m1/s1. The third-order valence-electron chi connectivity index (χ3n) is 11.5. The van der Waals surface area contributed by atoms with Crippen LogP contribution in [0.2, 0.25) is 0 Å². The molecule has 0 amide bonds. The second kappa shape index (κ2) is 7.27. The number of fused-ring (bicyclic) bond motifs is 8. The van der Waals surface area contributed by atoms with Gasteiger partial charge in [0.1, 0.15) is 17.8 Å². The minimum absolute atomic E-state index is 0.0471. The lowest BCUT2D eigenvalue weighted by Crippen LogP contribution is -2.67. The highest BCUT2D eigenvalue weighted by Crippen LogP contribution is 2.71. The van der Waals surface area contributed by atoms with Gasteiger partial charge in [-0.15, -0.1) is 0 Å². The average molecular weight is 471 g/mol. The van der Waals surface area contributed by atoms with Gasteiger partial charge in [-0.1, -0.05) is 25.5 Å². The summed E-state index contributed by atoms with van der Waals surface area (Å²) in [5.41, 5.74) is -0.426. The normalized spacial score (nSPS) is 52.4. The molecule has 3 saturated carbocycles. The summed E-state index contributed by atoms with van der Waals surface area (Å²) in [6.07, 6.45) is 8.46. The van der Waals surface area contributed by atoms with Crippen LogP contribution in [-0.2, 0) is 19.1 Å². The second-order valence-electron chi connectivity index (χ2n) is 12.6.